The van der Waals surface area contributed by atoms with Crippen molar-refractivity contribution in [1.82, 2.24) is 5.32 Å². The molecule has 0 aromatic heterocycles. The van der Waals surface area contributed by atoms with Crippen molar-refractivity contribution in [3.63, 3.8) is 0 Å². The van der Waals surface area contributed by atoms with Crippen molar-refractivity contribution in [3.05, 3.63) is 108 Å². The number of benzene rings is 3. The topological polar surface area (TPSA) is 38.3 Å². The van der Waals surface area contributed by atoms with Crippen LogP contribution in [0.15, 0.2) is 91.0 Å². The predicted molar refractivity (Wildman–Crippen MR) is 99.4 cm³/mol. The third-order valence-corrected chi connectivity index (χ3v) is 4.19. The SMILES string of the molecule is CCOC(=O)NC(c1ccccc1)(c1ccccc1)c1ccccc1. The molecule has 0 heterocycles. The molecule has 25 heavy (non-hydrogen) atoms. The molecule has 0 bridgehead atoms. The van der Waals surface area contributed by atoms with E-state index in [0.717, 1.165) is 16.7 Å². The van der Waals surface area contributed by atoms with E-state index in [0.29, 0.717) is 6.61 Å². The standard InChI is InChI=1S/C22H21NO2/c1-2-25-21(24)23-22(18-12-6-3-7-13-18,19-14-8-4-9-15-19)20-16-10-5-11-17-20/h3-17H,2H2,1H3,(H,23,24). The van der Waals surface area contributed by atoms with Crippen LogP contribution >= 0.6 is 0 Å². The Balaban J connectivity index is 2.26. The molecule has 1 amide bonds. The first-order valence-corrected chi connectivity index (χ1v) is 8.39. The highest BCUT2D eigenvalue weighted by Crippen LogP contribution is 2.36. The van der Waals surface area contributed by atoms with E-state index in [9.17, 15) is 4.79 Å². The van der Waals surface area contributed by atoms with Crippen molar-refractivity contribution in [2.75, 3.05) is 6.61 Å². The summed E-state index contributed by atoms with van der Waals surface area (Å²) in [6, 6.07) is 29.9. The van der Waals surface area contributed by atoms with Crippen molar-refractivity contribution in [2.24, 2.45) is 0 Å². The number of ether oxygens (including phenoxy) is 1. The molecule has 0 fully saturated rings. The maximum Gasteiger partial charge on any atom is 0.408 e. The van der Waals surface area contributed by atoms with Gasteiger partial charge in [-0.3, -0.25) is 0 Å². The van der Waals surface area contributed by atoms with E-state index < -0.39 is 11.6 Å². The van der Waals surface area contributed by atoms with Gasteiger partial charge >= 0.3 is 6.09 Å². The van der Waals surface area contributed by atoms with E-state index in [-0.39, 0.29) is 0 Å². The zero-order chi connectivity index (χ0) is 17.5. The molecule has 0 unspecified atom stereocenters. The second-order valence-corrected chi connectivity index (χ2v) is 5.69. The number of amides is 1. The third-order valence-electron chi connectivity index (χ3n) is 4.19. The number of alkyl carbamates (subject to hydrolysis) is 1. The summed E-state index contributed by atoms with van der Waals surface area (Å²) in [5.41, 5.74) is 2.09. The maximum absolute atomic E-state index is 12.4. The molecular formula is C22H21NO2. The Hall–Kier alpha value is -3.07. The van der Waals surface area contributed by atoms with Crippen molar-refractivity contribution in [2.45, 2.75) is 12.5 Å². The van der Waals surface area contributed by atoms with Gasteiger partial charge in [-0.2, -0.15) is 0 Å². The third kappa shape index (κ3) is 3.41. The van der Waals surface area contributed by atoms with E-state index in [2.05, 4.69) is 5.32 Å². The lowest BCUT2D eigenvalue weighted by atomic mass is 9.77. The van der Waals surface area contributed by atoms with Gasteiger partial charge in [0.25, 0.3) is 0 Å². The van der Waals surface area contributed by atoms with Gasteiger partial charge in [-0.25, -0.2) is 4.79 Å². The van der Waals surface area contributed by atoms with Crippen molar-refractivity contribution in [1.29, 1.82) is 0 Å². The molecule has 0 saturated carbocycles. The highest BCUT2D eigenvalue weighted by molar-refractivity contribution is 5.72. The molecule has 3 nitrogen and oxygen atoms in total. The Morgan fingerprint density at radius 3 is 1.44 bits per heavy atom. The molecule has 3 rings (SSSR count). The Morgan fingerprint density at radius 2 is 1.12 bits per heavy atom. The summed E-state index contributed by atoms with van der Waals surface area (Å²) in [5, 5.41) is 3.12. The molecular weight excluding hydrogens is 310 g/mol. The summed E-state index contributed by atoms with van der Waals surface area (Å²) in [5.74, 6) is 0. The van der Waals surface area contributed by atoms with Crippen LogP contribution in [0.3, 0.4) is 0 Å². The van der Waals surface area contributed by atoms with Gasteiger partial charge in [0, 0.05) is 0 Å². The minimum Gasteiger partial charge on any atom is -0.450 e. The largest absolute Gasteiger partial charge is 0.450 e. The van der Waals surface area contributed by atoms with Gasteiger partial charge in [-0.05, 0) is 23.6 Å². The summed E-state index contributed by atoms with van der Waals surface area (Å²) < 4.78 is 5.21. The first kappa shape index (κ1) is 16.8. The smallest absolute Gasteiger partial charge is 0.408 e. The van der Waals surface area contributed by atoms with Crippen molar-refractivity contribution < 1.29 is 9.53 Å². The fourth-order valence-corrected chi connectivity index (χ4v) is 3.10. The molecule has 0 aliphatic heterocycles. The lowest BCUT2D eigenvalue weighted by Crippen LogP contribution is -2.48. The van der Waals surface area contributed by atoms with Gasteiger partial charge < -0.3 is 10.1 Å². The fourth-order valence-electron chi connectivity index (χ4n) is 3.10. The van der Waals surface area contributed by atoms with Crippen molar-refractivity contribution in [3.8, 4) is 0 Å². The molecule has 3 aromatic carbocycles. The van der Waals surface area contributed by atoms with Gasteiger partial charge in [-0.1, -0.05) is 91.0 Å². The molecule has 0 atom stereocenters. The second kappa shape index (κ2) is 7.67. The highest BCUT2D eigenvalue weighted by Gasteiger charge is 2.38. The summed E-state index contributed by atoms with van der Waals surface area (Å²) in [7, 11) is 0. The minimum absolute atomic E-state index is 0.320. The highest BCUT2D eigenvalue weighted by atomic mass is 16.5. The van der Waals surface area contributed by atoms with Crippen LogP contribution < -0.4 is 5.32 Å². The van der Waals surface area contributed by atoms with E-state index in [4.69, 9.17) is 4.74 Å². The first-order valence-electron chi connectivity index (χ1n) is 8.39. The molecule has 0 radical (unpaired) electrons. The normalized spacial score (nSPS) is 10.9. The monoisotopic (exact) mass is 331 g/mol. The number of rotatable bonds is 5. The molecule has 3 aromatic rings. The van der Waals surface area contributed by atoms with Crippen LogP contribution in [0.4, 0.5) is 4.79 Å². The maximum atomic E-state index is 12.4. The van der Waals surface area contributed by atoms with Gasteiger partial charge in [0.1, 0.15) is 5.54 Å². The number of nitrogens with one attached hydrogen (secondary N) is 1. The van der Waals surface area contributed by atoms with Gasteiger partial charge in [0.2, 0.25) is 0 Å². The summed E-state index contributed by atoms with van der Waals surface area (Å²) in [4.78, 5) is 12.4. The first-order chi connectivity index (χ1) is 12.3. The molecule has 3 heteroatoms. The van der Waals surface area contributed by atoms with Gasteiger partial charge in [0.15, 0.2) is 0 Å². The van der Waals surface area contributed by atoms with Gasteiger partial charge in [0.05, 0.1) is 6.61 Å². The van der Waals surface area contributed by atoms with Crippen LogP contribution in [0, 0.1) is 0 Å². The van der Waals surface area contributed by atoms with Crippen LogP contribution in [0.1, 0.15) is 23.6 Å². The van der Waals surface area contributed by atoms with E-state index in [1.807, 2.05) is 91.0 Å². The number of carbonyl (C=O) groups excluding carboxylic acids is 1. The number of hydrogen-bond acceptors (Lipinski definition) is 2. The Labute approximate surface area is 148 Å². The summed E-state index contributed by atoms with van der Waals surface area (Å²) in [6.45, 7) is 2.12. The molecule has 0 saturated heterocycles. The second-order valence-electron chi connectivity index (χ2n) is 5.69. The average molecular weight is 331 g/mol. The molecule has 0 aliphatic rings. The molecule has 0 spiro atoms. The molecule has 126 valence electrons. The lowest BCUT2D eigenvalue weighted by molar-refractivity contribution is 0.145. The Kier molecular flexibility index (Phi) is 5.14. The average Bonchev–Trinajstić information content (AvgIpc) is 2.68. The van der Waals surface area contributed by atoms with Crippen LogP contribution in [-0.4, -0.2) is 12.7 Å². The summed E-state index contributed by atoms with van der Waals surface area (Å²) in [6.07, 6.45) is -0.445. The van der Waals surface area contributed by atoms with Crippen LogP contribution in [0.25, 0.3) is 0 Å². The minimum atomic E-state index is -0.823. The Morgan fingerprint density at radius 1 is 0.760 bits per heavy atom. The van der Waals surface area contributed by atoms with E-state index in [1.165, 1.54) is 0 Å². The fraction of sp³-hybridized carbons (Fsp3) is 0.136. The zero-order valence-electron chi connectivity index (χ0n) is 14.2. The predicted octanol–water partition coefficient (Wildman–Crippen LogP) is 4.72. The quantitative estimate of drug-likeness (QED) is 0.687. The van der Waals surface area contributed by atoms with Crippen LogP contribution in [0.2, 0.25) is 0 Å². The molecule has 0 aliphatic carbocycles. The molecule has 1 N–H and O–H groups in total. The van der Waals surface area contributed by atoms with Crippen LogP contribution in [0.5, 0.6) is 0 Å². The zero-order valence-corrected chi connectivity index (χ0v) is 14.2. The van der Waals surface area contributed by atoms with E-state index in [1.54, 1.807) is 6.92 Å². The van der Waals surface area contributed by atoms with Crippen LogP contribution in [-0.2, 0) is 10.3 Å². The lowest BCUT2D eigenvalue weighted by Gasteiger charge is -2.36. The Bertz CT molecular complexity index is 705. The van der Waals surface area contributed by atoms with E-state index >= 15 is 0 Å². The van der Waals surface area contributed by atoms with Crippen molar-refractivity contribution >= 4 is 6.09 Å². The summed E-state index contributed by atoms with van der Waals surface area (Å²) >= 11 is 0. The number of hydrogen-bond donors (Lipinski definition) is 1. The number of carbonyl (C=O) groups is 1. The van der Waals surface area contributed by atoms with Gasteiger partial charge in [-0.15, -0.1) is 0 Å².